The predicted molar refractivity (Wildman–Crippen MR) is 103 cm³/mol. The van der Waals surface area contributed by atoms with E-state index in [0.29, 0.717) is 25.4 Å². The number of amides is 1. The van der Waals surface area contributed by atoms with Crippen LogP contribution in [0.1, 0.15) is 29.1 Å². The molecular formula is C21H18ClF2N3O2. The molecule has 29 heavy (non-hydrogen) atoms. The van der Waals surface area contributed by atoms with Crippen LogP contribution >= 0.6 is 11.6 Å². The van der Waals surface area contributed by atoms with Crippen molar-refractivity contribution in [2.75, 3.05) is 13.1 Å². The lowest BCUT2D eigenvalue weighted by Crippen LogP contribution is -2.41. The molecule has 1 fully saturated rings. The van der Waals surface area contributed by atoms with E-state index in [1.807, 2.05) is 0 Å². The summed E-state index contributed by atoms with van der Waals surface area (Å²) >= 11 is 6.03. The molecule has 1 aliphatic rings. The first-order valence-electron chi connectivity index (χ1n) is 9.33. The SMILES string of the molecule is O=C(c1c(F)cccc1Cl)N1CCCC(Cc2nc(-c3ccccc3F)no2)C1. The van der Waals surface area contributed by atoms with Gasteiger partial charge in [-0.1, -0.05) is 35.0 Å². The zero-order valence-electron chi connectivity index (χ0n) is 15.4. The Morgan fingerprint density at radius 1 is 1.17 bits per heavy atom. The number of rotatable bonds is 4. The predicted octanol–water partition coefficient (Wildman–Crippen LogP) is 4.76. The minimum atomic E-state index is -0.629. The number of hydrogen-bond donors (Lipinski definition) is 0. The van der Waals surface area contributed by atoms with E-state index >= 15 is 0 Å². The van der Waals surface area contributed by atoms with Gasteiger partial charge in [-0.2, -0.15) is 4.98 Å². The van der Waals surface area contributed by atoms with Crippen molar-refractivity contribution in [1.29, 1.82) is 0 Å². The summed E-state index contributed by atoms with van der Waals surface area (Å²) in [4.78, 5) is 18.7. The highest BCUT2D eigenvalue weighted by Crippen LogP contribution is 2.26. The van der Waals surface area contributed by atoms with Crippen molar-refractivity contribution in [1.82, 2.24) is 15.0 Å². The van der Waals surface area contributed by atoms with Gasteiger partial charge in [0, 0.05) is 19.5 Å². The molecule has 1 atom stereocenters. The lowest BCUT2D eigenvalue weighted by atomic mass is 9.94. The van der Waals surface area contributed by atoms with Gasteiger partial charge >= 0.3 is 0 Å². The fraction of sp³-hybridized carbons (Fsp3) is 0.286. The minimum absolute atomic E-state index is 0.0761. The molecule has 150 valence electrons. The van der Waals surface area contributed by atoms with Crippen LogP contribution in [0.2, 0.25) is 5.02 Å². The molecule has 0 saturated carbocycles. The molecule has 2 heterocycles. The van der Waals surface area contributed by atoms with Gasteiger partial charge in [0.25, 0.3) is 5.91 Å². The summed E-state index contributed by atoms with van der Waals surface area (Å²) in [5, 5.41) is 3.96. The van der Waals surface area contributed by atoms with Crippen LogP contribution in [0.25, 0.3) is 11.4 Å². The number of carbonyl (C=O) groups excluding carboxylic acids is 1. The number of nitrogens with zero attached hydrogens (tertiary/aromatic N) is 3. The van der Waals surface area contributed by atoms with Gasteiger partial charge < -0.3 is 9.42 Å². The fourth-order valence-electron chi connectivity index (χ4n) is 3.61. The molecule has 0 aliphatic carbocycles. The van der Waals surface area contributed by atoms with Crippen molar-refractivity contribution in [2.45, 2.75) is 19.3 Å². The molecule has 1 amide bonds. The third-order valence-electron chi connectivity index (χ3n) is 5.03. The fourth-order valence-corrected chi connectivity index (χ4v) is 3.86. The molecule has 1 saturated heterocycles. The van der Waals surface area contributed by atoms with Crippen molar-refractivity contribution >= 4 is 17.5 Å². The van der Waals surface area contributed by atoms with Crippen LogP contribution in [0.15, 0.2) is 47.0 Å². The molecular weight excluding hydrogens is 400 g/mol. The van der Waals surface area contributed by atoms with E-state index in [1.54, 1.807) is 23.1 Å². The maximum Gasteiger partial charge on any atom is 0.258 e. The van der Waals surface area contributed by atoms with Gasteiger partial charge in [0.1, 0.15) is 11.6 Å². The first-order valence-corrected chi connectivity index (χ1v) is 9.71. The summed E-state index contributed by atoms with van der Waals surface area (Å²) in [5.41, 5.74) is 0.173. The monoisotopic (exact) mass is 417 g/mol. The van der Waals surface area contributed by atoms with Gasteiger partial charge in [-0.25, -0.2) is 8.78 Å². The van der Waals surface area contributed by atoms with E-state index in [2.05, 4.69) is 10.1 Å². The molecule has 0 spiro atoms. The van der Waals surface area contributed by atoms with E-state index in [0.717, 1.165) is 12.8 Å². The largest absolute Gasteiger partial charge is 0.339 e. The van der Waals surface area contributed by atoms with Gasteiger partial charge in [0.15, 0.2) is 0 Å². The number of carbonyl (C=O) groups is 1. The number of halogens is 3. The topological polar surface area (TPSA) is 59.2 Å². The number of piperidine rings is 1. The maximum absolute atomic E-state index is 14.1. The number of likely N-dealkylation sites (tertiary alicyclic amines) is 1. The van der Waals surface area contributed by atoms with E-state index in [4.69, 9.17) is 16.1 Å². The number of hydrogen-bond acceptors (Lipinski definition) is 4. The van der Waals surface area contributed by atoms with Gasteiger partial charge in [-0.3, -0.25) is 4.79 Å². The van der Waals surface area contributed by atoms with Crippen molar-refractivity contribution < 1.29 is 18.1 Å². The first-order chi connectivity index (χ1) is 14.0. The Labute approximate surface area is 171 Å². The van der Waals surface area contributed by atoms with E-state index in [-0.39, 0.29) is 27.9 Å². The highest BCUT2D eigenvalue weighted by atomic mass is 35.5. The summed E-state index contributed by atoms with van der Waals surface area (Å²) in [6.45, 7) is 0.964. The average Bonchev–Trinajstić information content (AvgIpc) is 3.16. The summed E-state index contributed by atoms with van der Waals surface area (Å²) in [6, 6.07) is 10.4. The highest BCUT2D eigenvalue weighted by Gasteiger charge is 2.28. The summed E-state index contributed by atoms with van der Waals surface area (Å²) < 4.78 is 33.3. The number of aromatic nitrogens is 2. The average molecular weight is 418 g/mol. The standard InChI is InChI=1S/C21H18ClF2N3O2/c22-15-7-3-9-17(24)19(15)21(28)27-10-4-5-13(12-27)11-18-25-20(26-29-18)14-6-1-2-8-16(14)23/h1-3,6-9,13H,4-5,10-12H2. The Kier molecular flexibility index (Phi) is 5.58. The van der Waals surface area contributed by atoms with Crippen LogP contribution in [-0.2, 0) is 6.42 Å². The van der Waals surface area contributed by atoms with Crippen LogP contribution in [0.3, 0.4) is 0 Å². The van der Waals surface area contributed by atoms with E-state index in [1.165, 1.54) is 24.3 Å². The second-order valence-electron chi connectivity index (χ2n) is 7.05. The molecule has 1 aromatic heterocycles. The van der Waals surface area contributed by atoms with Crippen LogP contribution in [0.4, 0.5) is 8.78 Å². The van der Waals surface area contributed by atoms with Crippen molar-refractivity contribution in [2.24, 2.45) is 5.92 Å². The van der Waals surface area contributed by atoms with Crippen LogP contribution in [-0.4, -0.2) is 34.0 Å². The smallest absolute Gasteiger partial charge is 0.258 e. The lowest BCUT2D eigenvalue weighted by molar-refractivity contribution is 0.0663. The van der Waals surface area contributed by atoms with E-state index in [9.17, 15) is 13.6 Å². The second kappa shape index (κ2) is 8.29. The molecule has 2 aromatic carbocycles. The van der Waals surface area contributed by atoms with Crippen molar-refractivity contribution in [3.05, 3.63) is 70.6 Å². The van der Waals surface area contributed by atoms with Crippen LogP contribution < -0.4 is 0 Å². The molecule has 3 aromatic rings. The quantitative estimate of drug-likeness (QED) is 0.614. The molecule has 5 nitrogen and oxygen atoms in total. The normalized spacial score (nSPS) is 16.8. The van der Waals surface area contributed by atoms with Gasteiger partial charge in [-0.15, -0.1) is 0 Å². The third-order valence-corrected chi connectivity index (χ3v) is 5.34. The van der Waals surface area contributed by atoms with Gasteiger partial charge in [0.05, 0.1) is 16.1 Å². The Morgan fingerprint density at radius 3 is 2.76 bits per heavy atom. The Bertz CT molecular complexity index is 1020. The summed E-state index contributed by atoms with van der Waals surface area (Å²) in [6.07, 6.45) is 2.10. The maximum atomic E-state index is 14.1. The van der Waals surface area contributed by atoms with Gasteiger partial charge in [0.2, 0.25) is 11.7 Å². The third kappa shape index (κ3) is 4.15. The van der Waals surface area contributed by atoms with Gasteiger partial charge in [-0.05, 0) is 43.0 Å². The molecule has 0 radical (unpaired) electrons. The Hall–Kier alpha value is -2.80. The number of benzene rings is 2. The zero-order chi connectivity index (χ0) is 20.4. The summed E-state index contributed by atoms with van der Waals surface area (Å²) in [7, 11) is 0. The first kappa shape index (κ1) is 19.5. The van der Waals surface area contributed by atoms with Crippen molar-refractivity contribution in [3.63, 3.8) is 0 Å². The zero-order valence-corrected chi connectivity index (χ0v) is 16.2. The molecule has 4 rings (SSSR count). The van der Waals surface area contributed by atoms with E-state index < -0.39 is 17.5 Å². The molecule has 8 heteroatoms. The second-order valence-corrected chi connectivity index (χ2v) is 7.46. The highest BCUT2D eigenvalue weighted by molar-refractivity contribution is 6.33. The molecule has 1 unspecified atom stereocenters. The minimum Gasteiger partial charge on any atom is -0.339 e. The lowest BCUT2D eigenvalue weighted by Gasteiger charge is -2.32. The Morgan fingerprint density at radius 2 is 1.97 bits per heavy atom. The molecule has 1 aliphatic heterocycles. The van der Waals surface area contributed by atoms with Crippen LogP contribution in [0, 0.1) is 17.6 Å². The molecule has 0 N–H and O–H groups in total. The summed E-state index contributed by atoms with van der Waals surface area (Å²) in [5.74, 6) is -0.818. The molecule has 0 bridgehead atoms. The Balaban J connectivity index is 1.46. The van der Waals surface area contributed by atoms with Crippen molar-refractivity contribution in [3.8, 4) is 11.4 Å². The van der Waals surface area contributed by atoms with Crippen LogP contribution in [0.5, 0.6) is 0 Å².